The minimum atomic E-state index is -0.746. The van der Waals surface area contributed by atoms with E-state index in [9.17, 15) is 9.90 Å². The summed E-state index contributed by atoms with van der Waals surface area (Å²) in [7, 11) is 0. The molecule has 0 spiro atoms. The Labute approximate surface area is 109 Å². The van der Waals surface area contributed by atoms with Crippen molar-refractivity contribution >= 4 is 5.97 Å². The number of hydrogen-bond donors (Lipinski definition) is 1. The van der Waals surface area contributed by atoms with Crippen LogP contribution in [0.25, 0.3) is 0 Å². The molecule has 1 atom stereocenters. The van der Waals surface area contributed by atoms with Crippen molar-refractivity contribution in [1.82, 2.24) is 0 Å². The highest BCUT2D eigenvalue weighted by Crippen LogP contribution is 2.14. The van der Waals surface area contributed by atoms with Crippen LogP contribution >= 0.6 is 0 Å². The van der Waals surface area contributed by atoms with E-state index in [1.54, 1.807) is 0 Å². The Morgan fingerprint density at radius 1 is 1.39 bits per heavy atom. The molecular weight excluding hydrogens is 228 g/mol. The maximum absolute atomic E-state index is 11.2. The van der Waals surface area contributed by atoms with Gasteiger partial charge < -0.3 is 9.84 Å². The summed E-state index contributed by atoms with van der Waals surface area (Å²) >= 11 is 0. The van der Waals surface area contributed by atoms with Crippen molar-refractivity contribution in [2.24, 2.45) is 5.92 Å². The van der Waals surface area contributed by atoms with Gasteiger partial charge in [0.25, 0.3) is 0 Å². The molecule has 1 rings (SSSR count). The van der Waals surface area contributed by atoms with E-state index in [1.165, 1.54) is 0 Å². The first-order valence-electron chi connectivity index (χ1n) is 6.39. The van der Waals surface area contributed by atoms with Crippen LogP contribution in [0.5, 0.6) is 0 Å². The Bertz CT molecular complexity index is 385. The Kier molecular flexibility index (Phi) is 5.86. The van der Waals surface area contributed by atoms with Gasteiger partial charge in [-0.2, -0.15) is 0 Å². The van der Waals surface area contributed by atoms with Crippen LogP contribution in [0.15, 0.2) is 24.3 Å². The second-order valence-electron chi connectivity index (χ2n) is 4.94. The monoisotopic (exact) mass is 250 g/mol. The normalized spacial score (nSPS) is 12.7. The highest BCUT2D eigenvalue weighted by atomic mass is 16.5. The number of ether oxygens (including phenoxy) is 1. The Morgan fingerprint density at radius 3 is 2.67 bits per heavy atom. The molecule has 0 heterocycles. The molecule has 0 amide bonds. The lowest BCUT2D eigenvalue weighted by atomic mass is 9.96. The van der Waals surface area contributed by atoms with Crippen LogP contribution in [0.1, 0.15) is 31.4 Å². The number of rotatable bonds is 7. The number of carbonyl (C=O) groups is 1. The smallest absolute Gasteiger partial charge is 0.306 e. The van der Waals surface area contributed by atoms with Gasteiger partial charge in [0.2, 0.25) is 0 Å². The lowest BCUT2D eigenvalue weighted by Crippen LogP contribution is -2.19. The van der Waals surface area contributed by atoms with E-state index < -0.39 is 5.97 Å². The van der Waals surface area contributed by atoms with Crippen LogP contribution in [0.2, 0.25) is 0 Å². The molecule has 1 aromatic carbocycles. The summed E-state index contributed by atoms with van der Waals surface area (Å²) in [6, 6.07) is 8.00. The molecule has 0 saturated heterocycles. The van der Waals surface area contributed by atoms with Gasteiger partial charge in [-0.15, -0.1) is 0 Å². The van der Waals surface area contributed by atoms with Crippen molar-refractivity contribution < 1.29 is 14.6 Å². The van der Waals surface area contributed by atoms with Crippen LogP contribution in [-0.4, -0.2) is 23.8 Å². The molecule has 3 nitrogen and oxygen atoms in total. The van der Waals surface area contributed by atoms with Gasteiger partial charge in [-0.3, -0.25) is 4.79 Å². The molecule has 0 aliphatic carbocycles. The minimum absolute atomic E-state index is 0.151. The number of hydrogen-bond acceptors (Lipinski definition) is 2. The second kappa shape index (κ2) is 7.17. The van der Waals surface area contributed by atoms with Crippen molar-refractivity contribution in [1.29, 1.82) is 0 Å². The minimum Gasteiger partial charge on any atom is -0.481 e. The fraction of sp³-hybridized carbons (Fsp3) is 0.533. The van der Waals surface area contributed by atoms with E-state index in [2.05, 4.69) is 0 Å². The summed E-state index contributed by atoms with van der Waals surface area (Å²) in [6.45, 7) is 6.42. The molecule has 1 N–H and O–H groups in total. The number of aliphatic carboxylic acids is 1. The molecule has 0 saturated carbocycles. The SMILES string of the molecule is Cc1cccc(CC(CCOC(C)C)C(=O)O)c1. The van der Waals surface area contributed by atoms with Crippen molar-refractivity contribution in [3.8, 4) is 0 Å². The second-order valence-corrected chi connectivity index (χ2v) is 4.94. The van der Waals surface area contributed by atoms with E-state index in [4.69, 9.17) is 4.74 Å². The molecule has 1 unspecified atom stereocenters. The number of aryl methyl sites for hydroxylation is 1. The summed E-state index contributed by atoms with van der Waals surface area (Å²) in [4.78, 5) is 11.2. The molecule has 0 fully saturated rings. The highest BCUT2D eigenvalue weighted by molar-refractivity contribution is 5.70. The lowest BCUT2D eigenvalue weighted by Gasteiger charge is -2.14. The average Bonchev–Trinajstić information content (AvgIpc) is 2.27. The maximum atomic E-state index is 11.2. The van der Waals surface area contributed by atoms with E-state index in [-0.39, 0.29) is 12.0 Å². The summed E-state index contributed by atoms with van der Waals surface area (Å²) in [5.74, 6) is -1.12. The lowest BCUT2D eigenvalue weighted by molar-refractivity contribution is -0.142. The zero-order valence-corrected chi connectivity index (χ0v) is 11.3. The fourth-order valence-electron chi connectivity index (χ4n) is 1.88. The standard InChI is InChI=1S/C15H22O3/c1-11(2)18-8-7-14(15(16)17)10-13-6-4-5-12(3)9-13/h4-6,9,11,14H,7-8,10H2,1-3H3,(H,16,17). The van der Waals surface area contributed by atoms with Crippen molar-refractivity contribution in [2.45, 2.75) is 39.7 Å². The molecule has 0 radical (unpaired) electrons. The van der Waals surface area contributed by atoms with Gasteiger partial charge in [0.1, 0.15) is 0 Å². The molecule has 18 heavy (non-hydrogen) atoms. The first kappa shape index (κ1) is 14.7. The van der Waals surface area contributed by atoms with Crippen LogP contribution in [-0.2, 0) is 16.0 Å². The molecule has 1 aromatic rings. The summed E-state index contributed by atoms with van der Waals surface area (Å²) in [5, 5.41) is 9.21. The Morgan fingerprint density at radius 2 is 2.11 bits per heavy atom. The van der Waals surface area contributed by atoms with Crippen LogP contribution < -0.4 is 0 Å². The van der Waals surface area contributed by atoms with E-state index in [0.29, 0.717) is 19.4 Å². The molecule has 0 bridgehead atoms. The van der Waals surface area contributed by atoms with Gasteiger partial charge >= 0.3 is 5.97 Å². The molecule has 100 valence electrons. The Hall–Kier alpha value is -1.35. The number of benzene rings is 1. The van der Waals surface area contributed by atoms with Crippen LogP contribution in [0.3, 0.4) is 0 Å². The largest absolute Gasteiger partial charge is 0.481 e. The first-order chi connectivity index (χ1) is 8.49. The zero-order valence-electron chi connectivity index (χ0n) is 11.3. The van der Waals surface area contributed by atoms with E-state index in [1.807, 2.05) is 45.0 Å². The number of carboxylic acids is 1. The summed E-state index contributed by atoms with van der Waals surface area (Å²) < 4.78 is 5.42. The van der Waals surface area contributed by atoms with Crippen LogP contribution in [0.4, 0.5) is 0 Å². The van der Waals surface area contributed by atoms with Crippen molar-refractivity contribution in [2.75, 3.05) is 6.61 Å². The van der Waals surface area contributed by atoms with Gasteiger partial charge in [0, 0.05) is 6.61 Å². The van der Waals surface area contributed by atoms with Crippen LogP contribution in [0, 0.1) is 12.8 Å². The quantitative estimate of drug-likeness (QED) is 0.809. The predicted molar refractivity (Wildman–Crippen MR) is 71.7 cm³/mol. The molecule has 0 aliphatic rings. The van der Waals surface area contributed by atoms with Gasteiger partial charge in [0.05, 0.1) is 12.0 Å². The first-order valence-corrected chi connectivity index (χ1v) is 6.39. The fourth-order valence-corrected chi connectivity index (χ4v) is 1.88. The molecule has 0 aliphatic heterocycles. The zero-order chi connectivity index (χ0) is 13.5. The summed E-state index contributed by atoms with van der Waals surface area (Å²) in [5.41, 5.74) is 2.24. The topological polar surface area (TPSA) is 46.5 Å². The van der Waals surface area contributed by atoms with Gasteiger partial charge in [-0.25, -0.2) is 0 Å². The third kappa shape index (κ3) is 5.32. The number of carboxylic acid groups (broad SMARTS) is 1. The van der Waals surface area contributed by atoms with Gasteiger partial charge in [-0.1, -0.05) is 29.8 Å². The van der Waals surface area contributed by atoms with Gasteiger partial charge in [0.15, 0.2) is 0 Å². The van der Waals surface area contributed by atoms with Gasteiger partial charge in [-0.05, 0) is 39.2 Å². The van der Waals surface area contributed by atoms with Crippen molar-refractivity contribution in [3.05, 3.63) is 35.4 Å². The average molecular weight is 250 g/mol. The predicted octanol–water partition coefficient (Wildman–Crippen LogP) is 3.05. The Balaban J connectivity index is 2.55. The maximum Gasteiger partial charge on any atom is 0.306 e. The summed E-state index contributed by atoms with van der Waals surface area (Å²) in [6.07, 6.45) is 1.28. The van der Waals surface area contributed by atoms with Crippen molar-refractivity contribution in [3.63, 3.8) is 0 Å². The van der Waals surface area contributed by atoms with E-state index >= 15 is 0 Å². The third-order valence-electron chi connectivity index (χ3n) is 2.83. The highest BCUT2D eigenvalue weighted by Gasteiger charge is 2.18. The molecular formula is C15H22O3. The molecule has 3 heteroatoms. The van der Waals surface area contributed by atoms with E-state index in [0.717, 1.165) is 11.1 Å². The third-order valence-corrected chi connectivity index (χ3v) is 2.83. The molecule has 0 aromatic heterocycles.